The van der Waals surface area contributed by atoms with Crippen LogP contribution in [-0.2, 0) is 19.9 Å². The Morgan fingerprint density at radius 2 is 1.89 bits per heavy atom. The second-order valence-corrected chi connectivity index (χ2v) is 9.88. The van der Waals surface area contributed by atoms with Crippen LogP contribution in [0.4, 0.5) is 0 Å². The maximum Gasteiger partial charge on any atom is 0.255 e. The Hall–Kier alpha value is -3.52. The van der Waals surface area contributed by atoms with E-state index in [0.29, 0.717) is 31.2 Å². The number of fused-ring (bicyclic) bond motifs is 5. The van der Waals surface area contributed by atoms with Crippen LogP contribution < -0.4 is 9.47 Å². The molecule has 2 amide bonds. The minimum Gasteiger partial charge on any atom is -0.493 e. The van der Waals surface area contributed by atoms with Crippen LogP contribution in [-0.4, -0.2) is 73.2 Å². The number of hydrogen-bond acceptors (Lipinski definition) is 5. The number of carbonyl (C=O) groups is 2. The zero-order valence-electron chi connectivity index (χ0n) is 21.5. The molecule has 1 saturated heterocycles. The normalized spacial score (nSPS) is 21.7. The van der Waals surface area contributed by atoms with Gasteiger partial charge in [-0.05, 0) is 50.1 Å². The SMILES string of the molecule is COCCN1CC(=O)N2C[C@H](c3ccc(OC(C)C)c(OC)c3)c3c([nH]c4ccccc34)[C@@]2(C)C1=O. The fraction of sp³-hybridized carbons (Fsp3) is 0.429. The molecular formula is C28H33N3O5. The van der Waals surface area contributed by atoms with Crippen molar-refractivity contribution in [2.45, 2.75) is 38.3 Å². The topological polar surface area (TPSA) is 84.1 Å². The van der Waals surface area contributed by atoms with E-state index in [4.69, 9.17) is 14.2 Å². The van der Waals surface area contributed by atoms with Gasteiger partial charge in [-0.2, -0.15) is 0 Å². The van der Waals surface area contributed by atoms with Gasteiger partial charge in [0.05, 0.1) is 32.1 Å². The first-order valence-corrected chi connectivity index (χ1v) is 12.3. The molecule has 0 saturated carbocycles. The molecule has 1 N–H and O–H groups in total. The van der Waals surface area contributed by atoms with Gasteiger partial charge in [0.2, 0.25) is 5.91 Å². The number of rotatable bonds is 7. The van der Waals surface area contributed by atoms with E-state index in [1.807, 2.05) is 57.2 Å². The summed E-state index contributed by atoms with van der Waals surface area (Å²) in [5.41, 5.74) is 2.62. The number of carbonyl (C=O) groups excluding carboxylic acids is 2. The summed E-state index contributed by atoms with van der Waals surface area (Å²) in [6.45, 7) is 6.99. The second kappa shape index (κ2) is 9.17. The van der Waals surface area contributed by atoms with Crippen LogP contribution in [0.3, 0.4) is 0 Å². The summed E-state index contributed by atoms with van der Waals surface area (Å²) in [6.07, 6.45) is 0.0124. The maximum absolute atomic E-state index is 13.9. The number of nitrogens with one attached hydrogen (secondary N) is 1. The summed E-state index contributed by atoms with van der Waals surface area (Å²) >= 11 is 0. The number of amides is 2. The Morgan fingerprint density at radius 1 is 1.11 bits per heavy atom. The first-order valence-electron chi connectivity index (χ1n) is 12.3. The van der Waals surface area contributed by atoms with Gasteiger partial charge in [0.1, 0.15) is 0 Å². The molecule has 8 nitrogen and oxygen atoms in total. The fourth-order valence-electron chi connectivity index (χ4n) is 5.61. The van der Waals surface area contributed by atoms with Gasteiger partial charge in [-0.15, -0.1) is 0 Å². The van der Waals surface area contributed by atoms with Crippen molar-refractivity contribution < 1.29 is 23.8 Å². The highest BCUT2D eigenvalue weighted by Crippen LogP contribution is 2.48. The lowest BCUT2D eigenvalue weighted by molar-refractivity contribution is -0.166. The smallest absolute Gasteiger partial charge is 0.255 e. The Kier molecular flexibility index (Phi) is 6.16. The molecule has 1 aromatic heterocycles. The summed E-state index contributed by atoms with van der Waals surface area (Å²) in [7, 11) is 3.22. The average Bonchev–Trinajstić information content (AvgIpc) is 3.26. The van der Waals surface area contributed by atoms with Crippen molar-refractivity contribution in [3.05, 3.63) is 59.3 Å². The largest absolute Gasteiger partial charge is 0.493 e. The lowest BCUT2D eigenvalue weighted by atomic mass is 9.76. The average molecular weight is 492 g/mol. The van der Waals surface area contributed by atoms with Gasteiger partial charge in [0.15, 0.2) is 17.0 Å². The third kappa shape index (κ3) is 3.71. The highest BCUT2D eigenvalue weighted by Gasteiger charge is 2.56. The van der Waals surface area contributed by atoms with E-state index in [1.54, 1.807) is 24.0 Å². The molecule has 0 radical (unpaired) electrons. The van der Waals surface area contributed by atoms with E-state index in [-0.39, 0.29) is 30.4 Å². The van der Waals surface area contributed by atoms with E-state index < -0.39 is 5.54 Å². The van der Waals surface area contributed by atoms with Crippen LogP contribution in [0.1, 0.15) is 43.5 Å². The van der Waals surface area contributed by atoms with Crippen LogP contribution in [0, 0.1) is 0 Å². The Morgan fingerprint density at radius 3 is 2.61 bits per heavy atom. The number of ether oxygens (including phenoxy) is 3. The number of benzene rings is 2. The molecule has 1 fully saturated rings. The highest BCUT2D eigenvalue weighted by molar-refractivity contribution is 6.01. The maximum atomic E-state index is 13.9. The predicted octanol–water partition coefficient (Wildman–Crippen LogP) is 3.64. The van der Waals surface area contributed by atoms with Crippen molar-refractivity contribution >= 4 is 22.7 Å². The van der Waals surface area contributed by atoms with Gasteiger partial charge in [-0.25, -0.2) is 0 Å². The van der Waals surface area contributed by atoms with Crippen LogP contribution in [0.25, 0.3) is 10.9 Å². The lowest BCUT2D eigenvalue weighted by Crippen LogP contribution is -2.67. The first-order chi connectivity index (χ1) is 17.3. The van der Waals surface area contributed by atoms with Crippen LogP contribution >= 0.6 is 0 Å². The number of piperazine rings is 1. The van der Waals surface area contributed by atoms with Crippen molar-refractivity contribution in [3.63, 3.8) is 0 Å². The van der Waals surface area contributed by atoms with Crippen molar-refractivity contribution in [2.24, 2.45) is 0 Å². The number of hydrogen-bond donors (Lipinski definition) is 1. The number of methoxy groups -OCH3 is 2. The minimum atomic E-state index is -1.13. The zero-order chi connectivity index (χ0) is 25.6. The molecule has 2 aliphatic heterocycles. The fourth-order valence-corrected chi connectivity index (χ4v) is 5.61. The molecule has 0 bridgehead atoms. The molecular weight excluding hydrogens is 458 g/mol. The predicted molar refractivity (Wildman–Crippen MR) is 136 cm³/mol. The second-order valence-electron chi connectivity index (χ2n) is 9.88. The molecule has 2 aromatic carbocycles. The molecule has 0 aliphatic carbocycles. The van der Waals surface area contributed by atoms with Crippen LogP contribution in [0.5, 0.6) is 11.5 Å². The van der Waals surface area contributed by atoms with Gasteiger partial charge in [-0.1, -0.05) is 24.3 Å². The van der Waals surface area contributed by atoms with Crippen LogP contribution in [0.2, 0.25) is 0 Å². The van der Waals surface area contributed by atoms with E-state index in [0.717, 1.165) is 27.7 Å². The zero-order valence-corrected chi connectivity index (χ0v) is 21.5. The third-order valence-corrected chi connectivity index (χ3v) is 7.34. The molecule has 36 heavy (non-hydrogen) atoms. The molecule has 0 unspecified atom stereocenters. The Bertz CT molecular complexity index is 1320. The summed E-state index contributed by atoms with van der Waals surface area (Å²) in [6, 6.07) is 14.0. The van der Waals surface area contributed by atoms with Crippen molar-refractivity contribution in [1.82, 2.24) is 14.8 Å². The van der Waals surface area contributed by atoms with E-state index in [1.165, 1.54) is 0 Å². The number of H-pyrrole nitrogens is 1. The van der Waals surface area contributed by atoms with Crippen molar-refractivity contribution in [1.29, 1.82) is 0 Å². The monoisotopic (exact) mass is 491 g/mol. The summed E-state index contributed by atoms with van der Waals surface area (Å²) in [5, 5.41) is 1.05. The molecule has 2 atom stereocenters. The Balaban J connectivity index is 1.67. The van der Waals surface area contributed by atoms with E-state index in [9.17, 15) is 9.59 Å². The Labute approximate surface area is 211 Å². The standard InChI is InChI=1S/C28H33N3O5/c1-17(2)36-22-11-10-18(14-23(22)35-5)20-15-31-24(32)16-30(12-13-34-4)27(33)28(31,3)26-25(20)19-8-6-7-9-21(19)29-26/h6-11,14,17,20,29H,12-13,15-16H2,1-5H3/t20-,28+/m1/s1. The number of nitrogens with zero attached hydrogens (tertiary/aromatic N) is 2. The first kappa shape index (κ1) is 24.2. The van der Waals surface area contributed by atoms with Crippen molar-refractivity contribution in [2.75, 3.05) is 40.5 Å². The third-order valence-electron chi connectivity index (χ3n) is 7.34. The number of aromatic nitrogens is 1. The van der Waals surface area contributed by atoms with Gasteiger partial charge < -0.3 is 29.0 Å². The van der Waals surface area contributed by atoms with E-state index >= 15 is 0 Å². The van der Waals surface area contributed by atoms with Gasteiger partial charge >= 0.3 is 0 Å². The minimum absolute atomic E-state index is 0.0124. The van der Waals surface area contributed by atoms with Gasteiger partial charge in [0, 0.05) is 37.0 Å². The molecule has 8 heteroatoms. The molecule has 190 valence electrons. The molecule has 3 aromatic rings. The number of aromatic amines is 1. The van der Waals surface area contributed by atoms with Crippen molar-refractivity contribution in [3.8, 4) is 11.5 Å². The van der Waals surface area contributed by atoms with E-state index in [2.05, 4.69) is 11.1 Å². The number of para-hydroxylation sites is 1. The van der Waals surface area contributed by atoms with Gasteiger partial charge in [-0.3, -0.25) is 9.59 Å². The highest BCUT2D eigenvalue weighted by atomic mass is 16.5. The molecule has 2 aliphatic rings. The molecule has 3 heterocycles. The summed E-state index contributed by atoms with van der Waals surface area (Å²) in [4.78, 5) is 34.2. The van der Waals surface area contributed by atoms with Gasteiger partial charge in [0.25, 0.3) is 5.91 Å². The lowest BCUT2D eigenvalue weighted by Gasteiger charge is -2.51. The quantitative estimate of drug-likeness (QED) is 0.546. The molecule has 0 spiro atoms. The summed E-state index contributed by atoms with van der Waals surface area (Å²) in [5.74, 6) is 1.00. The van der Waals surface area contributed by atoms with Crippen LogP contribution in [0.15, 0.2) is 42.5 Å². The molecule has 5 rings (SSSR count). The summed E-state index contributed by atoms with van der Waals surface area (Å²) < 4.78 is 16.8.